The number of nitrogens with zero attached hydrogens (tertiary/aromatic N) is 1. The van der Waals surface area contributed by atoms with Crippen molar-refractivity contribution < 1.29 is 9.47 Å². The Morgan fingerprint density at radius 1 is 1.16 bits per heavy atom. The van der Waals surface area contributed by atoms with E-state index < -0.39 is 0 Å². The van der Waals surface area contributed by atoms with Crippen LogP contribution in [0, 0.1) is 5.92 Å². The first-order valence-electron chi connectivity index (χ1n) is 9.17. The van der Waals surface area contributed by atoms with Gasteiger partial charge < -0.3 is 19.7 Å². The summed E-state index contributed by atoms with van der Waals surface area (Å²) in [5.74, 6) is 2.28. The monoisotopic (exact) mass is 338 g/mol. The molecule has 4 nitrogen and oxygen atoms in total. The van der Waals surface area contributed by atoms with Gasteiger partial charge in [0.1, 0.15) is 0 Å². The number of nitrogens with one attached hydrogen (secondary N) is 1. The van der Waals surface area contributed by atoms with E-state index in [9.17, 15) is 0 Å². The highest BCUT2D eigenvalue weighted by Crippen LogP contribution is 2.36. The summed E-state index contributed by atoms with van der Waals surface area (Å²) >= 11 is 0. The zero-order valence-electron chi connectivity index (χ0n) is 14.8. The van der Waals surface area contributed by atoms with Gasteiger partial charge in [-0.25, -0.2) is 0 Å². The lowest BCUT2D eigenvalue weighted by molar-refractivity contribution is 0.211. The van der Waals surface area contributed by atoms with E-state index in [4.69, 9.17) is 9.47 Å². The van der Waals surface area contributed by atoms with Crippen LogP contribution < -0.4 is 19.7 Å². The van der Waals surface area contributed by atoms with Gasteiger partial charge in [0.05, 0.1) is 13.7 Å². The summed E-state index contributed by atoms with van der Waals surface area (Å²) in [6.07, 6.45) is 2.10. The Labute approximate surface area is 149 Å². The molecule has 2 aromatic rings. The van der Waals surface area contributed by atoms with E-state index in [1.54, 1.807) is 7.11 Å². The van der Waals surface area contributed by atoms with Crippen LogP contribution in [-0.4, -0.2) is 39.9 Å². The number of para-hydroxylation sites is 1. The quantitative estimate of drug-likeness (QED) is 0.929. The molecule has 132 valence electrons. The first-order chi connectivity index (χ1) is 12.3. The molecule has 1 N–H and O–H groups in total. The minimum atomic E-state index is 0.512. The molecule has 0 spiro atoms. The molecule has 0 radical (unpaired) electrons. The zero-order chi connectivity index (χ0) is 17.1. The van der Waals surface area contributed by atoms with Crippen molar-refractivity contribution in [3.8, 4) is 11.5 Å². The predicted octanol–water partition coefficient (Wildman–Crippen LogP) is 2.90. The summed E-state index contributed by atoms with van der Waals surface area (Å²) in [5, 5.41) is 3.42. The number of hydrogen-bond donors (Lipinski definition) is 1. The normalized spacial score (nSPS) is 19.9. The Balaban J connectivity index is 1.46. The summed E-state index contributed by atoms with van der Waals surface area (Å²) in [6.45, 7) is 5.07. The summed E-state index contributed by atoms with van der Waals surface area (Å²) in [5.41, 5.74) is 4.00. The Morgan fingerprint density at radius 2 is 2.00 bits per heavy atom. The van der Waals surface area contributed by atoms with E-state index in [1.165, 1.54) is 16.8 Å². The largest absolute Gasteiger partial charge is 0.493 e. The van der Waals surface area contributed by atoms with Gasteiger partial charge in [-0.1, -0.05) is 24.3 Å². The van der Waals surface area contributed by atoms with Gasteiger partial charge in [-0.15, -0.1) is 0 Å². The molecular formula is C21H26N2O2. The zero-order valence-corrected chi connectivity index (χ0v) is 14.8. The van der Waals surface area contributed by atoms with Gasteiger partial charge in [-0.3, -0.25) is 0 Å². The van der Waals surface area contributed by atoms with Gasteiger partial charge in [-0.05, 0) is 42.2 Å². The number of benzene rings is 2. The number of piperazine rings is 1. The van der Waals surface area contributed by atoms with Gasteiger partial charge in [0.15, 0.2) is 11.5 Å². The lowest BCUT2D eigenvalue weighted by atomic mass is 9.90. The third-order valence-electron chi connectivity index (χ3n) is 5.17. The fraction of sp³-hybridized carbons (Fsp3) is 0.429. The van der Waals surface area contributed by atoms with Crippen LogP contribution >= 0.6 is 0 Å². The van der Waals surface area contributed by atoms with Crippen LogP contribution in [0.1, 0.15) is 11.1 Å². The van der Waals surface area contributed by atoms with Crippen LogP contribution in [0.15, 0.2) is 42.5 Å². The summed E-state index contributed by atoms with van der Waals surface area (Å²) in [7, 11) is 1.70. The van der Waals surface area contributed by atoms with Crippen molar-refractivity contribution in [1.82, 2.24) is 5.32 Å². The van der Waals surface area contributed by atoms with Crippen LogP contribution in [-0.2, 0) is 12.8 Å². The molecule has 1 atom stereocenters. The number of fused-ring (bicyclic) bond motifs is 1. The molecule has 0 aliphatic carbocycles. The molecule has 0 unspecified atom stereocenters. The van der Waals surface area contributed by atoms with Crippen LogP contribution in [0.25, 0.3) is 0 Å². The topological polar surface area (TPSA) is 33.7 Å². The van der Waals surface area contributed by atoms with Gasteiger partial charge in [-0.2, -0.15) is 0 Å². The number of methoxy groups -OCH3 is 1. The van der Waals surface area contributed by atoms with E-state index >= 15 is 0 Å². The maximum atomic E-state index is 6.03. The first kappa shape index (κ1) is 16.3. The molecule has 4 rings (SSSR count). The third-order valence-corrected chi connectivity index (χ3v) is 5.17. The van der Waals surface area contributed by atoms with Crippen LogP contribution in [0.5, 0.6) is 11.5 Å². The molecule has 25 heavy (non-hydrogen) atoms. The molecular weight excluding hydrogens is 312 g/mol. The maximum absolute atomic E-state index is 6.03. The molecule has 0 bridgehead atoms. The Morgan fingerprint density at radius 3 is 2.84 bits per heavy atom. The van der Waals surface area contributed by atoms with E-state index in [-0.39, 0.29) is 0 Å². The molecule has 2 aliphatic rings. The second-order valence-corrected chi connectivity index (χ2v) is 6.94. The predicted molar refractivity (Wildman–Crippen MR) is 101 cm³/mol. The number of rotatable bonds is 4. The summed E-state index contributed by atoms with van der Waals surface area (Å²) < 4.78 is 11.4. The van der Waals surface area contributed by atoms with E-state index in [1.807, 2.05) is 6.07 Å². The van der Waals surface area contributed by atoms with Gasteiger partial charge >= 0.3 is 0 Å². The van der Waals surface area contributed by atoms with Crippen molar-refractivity contribution in [2.24, 2.45) is 5.92 Å². The minimum Gasteiger partial charge on any atom is -0.493 e. The van der Waals surface area contributed by atoms with Crippen molar-refractivity contribution in [2.75, 3.05) is 44.8 Å². The Hall–Kier alpha value is -2.20. The van der Waals surface area contributed by atoms with Crippen LogP contribution in [0.2, 0.25) is 0 Å². The van der Waals surface area contributed by atoms with Crippen LogP contribution in [0.3, 0.4) is 0 Å². The van der Waals surface area contributed by atoms with Gasteiger partial charge in [0.2, 0.25) is 0 Å². The van der Waals surface area contributed by atoms with Crippen molar-refractivity contribution in [1.29, 1.82) is 0 Å². The highest BCUT2D eigenvalue weighted by Gasteiger charge is 2.23. The second-order valence-electron chi connectivity index (χ2n) is 6.94. The van der Waals surface area contributed by atoms with Crippen molar-refractivity contribution in [2.45, 2.75) is 12.8 Å². The van der Waals surface area contributed by atoms with Crippen molar-refractivity contribution in [3.05, 3.63) is 53.6 Å². The molecule has 2 aliphatic heterocycles. The highest BCUT2D eigenvalue weighted by atomic mass is 16.5. The average Bonchev–Trinajstić information content (AvgIpc) is 2.68. The molecule has 1 saturated heterocycles. The molecule has 4 heteroatoms. The van der Waals surface area contributed by atoms with Crippen molar-refractivity contribution in [3.63, 3.8) is 0 Å². The standard InChI is InChI=1S/C21H26N2O2/c1-24-20-7-3-5-18-13-17(15-25-21(18)20)12-16-4-2-6-19(14-16)23-10-8-22-9-11-23/h2-7,14,17,22H,8-13,15H2,1H3/t17-/m0/s1. The van der Waals surface area contributed by atoms with Crippen LogP contribution in [0.4, 0.5) is 5.69 Å². The SMILES string of the molecule is COc1cccc2c1OC[C@@H](Cc1cccc(N3CCNCC3)c1)C2. The molecule has 1 fully saturated rings. The minimum absolute atomic E-state index is 0.512. The molecule has 2 aromatic carbocycles. The number of anilines is 1. The lowest BCUT2D eigenvalue weighted by Crippen LogP contribution is -2.43. The van der Waals surface area contributed by atoms with E-state index in [0.29, 0.717) is 5.92 Å². The number of hydrogen-bond acceptors (Lipinski definition) is 4. The van der Waals surface area contributed by atoms with Crippen molar-refractivity contribution >= 4 is 5.69 Å². The molecule has 0 amide bonds. The first-order valence-corrected chi connectivity index (χ1v) is 9.17. The average molecular weight is 338 g/mol. The van der Waals surface area contributed by atoms with E-state index in [0.717, 1.165) is 57.1 Å². The molecule has 0 aromatic heterocycles. The molecule has 0 saturated carbocycles. The summed E-state index contributed by atoms with van der Waals surface area (Å²) in [6, 6.07) is 15.2. The van der Waals surface area contributed by atoms with Gasteiger partial charge in [0.25, 0.3) is 0 Å². The maximum Gasteiger partial charge on any atom is 0.164 e. The second kappa shape index (κ2) is 7.36. The van der Waals surface area contributed by atoms with E-state index in [2.05, 4.69) is 46.6 Å². The lowest BCUT2D eigenvalue weighted by Gasteiger charge is -2.30. The fourth-order valence-electron chi connectivity index (χ4n) is 3.89. The molecule has 2 heterocycles. The van der Waals surface area contributed by atoms with Gasteiger partial charge in [0, 0.05) is 37.8 Å². The smallest absolute Gasteiger partial charge is 0.164 e. The third kappa shape index (κ3) is 3.59. The Kier molecular flexibility index (Phi) is 4.79. The number of ether oxygens (including phenoxy) is 2. The highest BCUT2D eigenvalue weighted by molar-refractivity contribution is 5.50. The summed E-state index contributed by atoms with van der Waals surface area (Å²) in [4.78, 5) is 2.47. The fourth-order valence-corrected chi connectivity index (χ4v) is 3.89. The Bertz CT molecular complexity index is 726.